The number of hydrogen-bond acceptors (Lipinski definition) is 3. The van der Waals surface area contributed by atoms with Crippen LogP contribution < -0.4 is 0 Å². The number of halogens is 1. The molecule has 0 aliphatic carbocycles. The Balaban J connectivity index is 3.04. The second-order valence-corrected chi connectivity index (χ2v) is 3.13. The maximum atomic E-state index is 12.9. The maximum Gasteiger partial charge on any atom is 0.222 e. The van der Waals surface area contributed by atoms with E-state index in [4.69, 9.17) is 9.47 Å². The van der Waals surface area contributed by atoms with Gasteiger partial charge < -0.3 is 9.47 Å². The Hall–Kier alpha value is -1.26. The first-order valence-electron chi connectivity index (χ1n) is 4.46. The number of Topliss-reactive ketones (excluding diaryl/α,β-unsaturated/α-hetero) is 1. The first kappa shape index (κ1) is 11.8. The van der Waals surface area contributed by atoms with Gasteiger partial charge in [0.25, 0.3) is 0 Å². The highest BCUT2D eigenvalue weighted by molar-refractivity contribution is 5.99. The van der Waals surface area contributed by atoms with Crippen LogP contribution in [-0.4, -0.2) is 26.3 Å². The van der Waals surface area contributed by atoms with E-state index in [1.165, 1.54) is 26.4 Å². The number of rotatable bonds is 4. The van der Waals surface area contributed by atoms with Gasteiger partial charge in [0.05, 0.1) is 0 Å². The van der Waals surface area contributed by atoms with Crippen LogP contribution >= 0.6 is 0 Å². The number of methoxy groups -OCH3 is 2. The van der Waals surface area contributed by atoms with Crippen molar-refractivity contribution in [3.05, 3.63) is 35.1 Å². The fourth-order valence-electron chi connectivity index (χ4n) is 1.30. The number of hydrogen-bond donors (Lipinski definition) is 0. The number of ketones is 1. The number of benzene rings is 1. The van der Waals surface area contributed by atoms with Gasteiger partial charge in [-0.2, -0.15) is 0 Å². The van der Waals surface area contributed by atoms with Crippen LogP contribution in [0.2, 0.25) is 0 Å². The highest BCUT2D eigenvalue weighted by atomic mass is 19.1. The van der Waals surface area contributed by atoms with E-state index in [1.54, 1.807) is 13.0 Å². The summed E-state index contributed by atoms with van der Waals surface area (Å²) in [5.41, 5.74) is 0.976. The van der Waals surface area contributed by atoms with Gasteiger partial charge in [-0.05, 0) is 24.6 Å². The third-order valence-corrected chi connectivity index (χ3v) is 2.11. The van der Waals surface area contributed by atoms with Crippen LogP contribution in [0.3, 0.4) is 0 Å². The van der Waals surface area contributed by atoms with Gasteiger partial charge in [-0.3, -0.25) is 4.79 Å². The van der Waals surface area contributed by atoms with Crippen LogP contribution in [0.15, 0.2) is 18.2 Å². The molecule has 0 amide bonds. The predicted molar refractivity (Wildman–Crippen MR) is 53.3 cm³/mol. The monoisotopic (exact) mass is 212 g/mol. The molecule has 1 aromatic rings. The van der Waals surface area contributed by atoms with Gasteiger partial charge in [-0.25, -0.2) is 4.39 Å². The molecule has 0 aliphatic rings. The summed E-state index contributed by atoms with van der Waals surface area (Å²) in [6, 6.07) is 4.04. The average molecular weight is 212 g/mol. The molecule has 3 nitrogen and oxygen atoms in total. The van der Waals surface area contributed by atoms with E-state index in [0.29, 0.717) is 5.56 Å². The van der Waals surface area contributed by atoms with Crippen LogP contribution in [-0.2, 0) is 9.47 Å². The van der Waals surface area contributed by atoms with Crippen molar-refractivity contribution in [2.75, 3.05) is 14.2 Å². The summed E-state index contributed by atoms with van der Waals surface area (Å²) in [7, 11) is 2.72. The molecule has 4 heteroatoms. The molecule has 0 aromatic heterocycles. The second kappa shape index (κ2) is 5.00. The quantitative estimate of drug-likeness (QED) is 0.565. The van der Waals surface area contributed by atoms with Gasteiger partial charge in [-0.1, -0.05) is 6.07 Å². The molecule has 82 valence electrons. The fraction of sp³-hybridized carbons (Fsp3) is 0.364. The van der Waals surface area contributed by atoms with E-state index in [1.807, 2.05) is 0 Å². The molecule has 15 heavy (non-hydrogen) atoms. The molecule has 0 radical (unpaired) electrons. The van der Waals surface area contributed by atoms with E-state index in [9.17, 15) is 9.18 Å². The SMILES string of the molecule is COC(OC)C(=O)c1cc(F)ccc1C. The van der Waals surface area contributed by atoms with E-state index in [-0.39, 0.29) is 11.3 Å². The standard InChI is InChI=1S/C11H13FO3/c1-7-4-5-8(12)6-9(7)10(13)11(14-2)15-3/h4-6,11H,1-3H3. The van der Waals surface area contributed by atoms with Gasteiger partial charge in [0.1, 0.15) is 5.82 Å². The minimum absolute atomic E-state index is 0.281. The summed E-state index contributed by atoms with van der Waals surface area (Å²) in [6.07, 6.45) is -0.981. The van der Waals surface area contributed by atoms with Crippen LogP contribution in [0, 0.1) is 12.7 Å². The van der Waals surface area contributed by atoms with Gasteiger partial charge >= 0.3 is 0 Å². The molecular formula is C11H13FO3. The van der Waals surface area contributed by atoms with Crippen molar-refractivity contribution < 1.29 is 18.7 Å². The number of aryl methyl sites for hydroxylation is 1. The third-order valence-electron chi connectivity index (χ3n) is 2.11. The second-order valence-electron chi connectivity index (χ2n) is 3.13. The Morgan fingerprint density at radius 1 is 1.33 bits per heavy atom. The van der Waals surface area contributed by atoms with Crippen molar-refractivity contribution in [3.8, 4) is 0 Å². The van der Waals surface area contributed by atoms with Crippen LogP contribution in [0.25, 0.3) is 0 Å². The maximum absolute atomic E-state index is 12.9. The number of carbonyl (C=O) groups is 1. The molecule has 0 saturated heterocycles. The molecular weight excluding hydrogens is 199 g/mol. The lowest BCUT2D eigenvalue weighted by Crippen LogP contribution is -2.25. The smallest absolute Gasteiger partial charge is 0.222 e. The zero-order valence-corrected chi connectivity index (χ0v) is 8.91. The normalized spacial score (nSPS) is 10.7. The van der Waals surface area contributed by atoms with Crippen molar-refractivity contribution in [2.24, 2.45) is 0 Å². The summed E-state index contributed by atoms with van der Waals surface area (Å²) >= 11 is 0. The zero-order chi connectivity index (χ0) is 11.4. The minimum Gasteiger partial charge on any atom is -0.349 e. The average Bonchev–Trinajstić information content (AvgIpc) is 2.23. The lowest BCUT2D eigenvalue weighted by atomic mass is 10.0. The molecule has 0 fully saturated rings. The zero-order valence-electron chi connectivity index (χ0n) is 8.91. The third kappa shape index (κ3) is 2.61. The lowest BCUT2D eigenvalue weighted by Gasteiger charge is -2.13. The number of ether oxygens (including phenoxy) is 2. The largest absolute Gasteiger partial charge is 0.349 e. The molecule has 0 aliphatic heterocycles. The van der Waals surface area contributed by atoms with E-state index in [0.717, 1.165) is 0 Å². The molecule has 0 N–H and O–H groups in total. The predicted octanol–water partition coefficient (Wildman–Crippen LogP) is 1.94. The van der Waals surface area contributed by atoms with Crippen LogP contribution in [0.1, 0.15) is 15.9 Å². The van der Waals surface area contributed by atoms with Gasteiger partial charge in [0.15, 0.2) is 0 Å². The molecule has 0 atom stereocenters. The van der Waals surface area contributed by atoms with Gasteiger partial charge in [0, 0.05) is 19.8 Å². The Morgan fingerprint density at radius 2 is 1.93 bits per heavy atom. The molecule has 0 unspecified atom stereocenters. The molecule has 0 bridgehead atoms. The molecule has 1 aromatic carbocycles. The molecule has 0 saturated carbocycles. The highest BCUT2D eigenvalue weighted by Gasteiger charge is 2.20. The Kier molecular flexibility index (Phi) is 3.94. The van der Waals surface area contributed by atoms with E-state index < -0.39 is 12.1 Å². The molecule has 1 rings (SSSR count). The summed E-state index contributed by atoms with van der Waals surface area (Å²) in [4.78, 5) is 11.8. The summed E-state index contributed by atoms with van der Waals surface area (Å²) < 4.78 is 22.6. The summed E-state index contributed by atoms with van der Waals surface area (Å²) in [6.45, 7) is 1.73. The topological polar surface area (TPSA) is 35.5 Å². The first-order chi connectivity index (χ1) is 7.10. The minimum atomic E-state index is -0.981. The van der Waals surface area contributed by atoms with Crippen LogP contribution in [0.5, 0.6) is 0 Å². The van der Waals surface area contributed by atoms with Crippen molar-refractivity contribution in [3.63, 3.8) is 0 Å². The Bertz CT molecular complexity index is 359. The van der Waals surface area contributed by atoms with Crippen molar-refractivity contribution in [1.82, 2.24) is 0 Å². The van der Waals surface area contributed by atoms with Crippen molar-refractivity contribution in [2.45, 2.75) is 13.2 Å². The van der Waals surface area contributed by atoms with E-state index in [2.05, 4.69) is 0 Å². The number of carbonyl (C=O) groups excluding carboxylic acids is 1. The molecule has 0 spiro atoms. The van der Waals surface area contributed by atoms with Gasteiger partial charge in [-0.15, -0.1) is 0 Å². The fourth-order valence-corrected chi connectivity index (χ4v) is 1.30. The molecule has 0 heterocycles. The van der Waals surface area contributed by atoms with E-state index >= 15 is 0 Å². The van der Waals surface area contributed by atoms with Crippen LogP contribution in [0.4, 0.5) is 4.39 Å². The highest BCUT2D eigenvalue weighted by Crippen LogP contribution is 2.14. The Morgan fingerprint density at radius 3 is 2.47 bits per heavy atom. The van der Waals surface area contributed by atoms with Crippen molar-refractivity contribution >= 4 is 5.78 Å². The Labute approximate surface area is 87.8 Å². The lowest BCUT2D eigenvalue weighted by molar-refractivity contribution is -0.0742. The van der Waals surface area contributed by atoms with Crippen molar-refractivity contribution in [1.29, 1.82) is 0 Å². The van der Waals surface area contributed by atoms with Gasteiger partial charge in [0.2, 0.25) is 12.1 Å². The first-order valence-corrected chi connectivity index (χ1v) is 4.46. The summed E-state index contributed by atoms with van der Waals surface area (Å²) in [5.74, 6) is -0.827. The summed E-state index contributed by atoms with van der Waals surface area (Å²) in [5, 5.41) is 0.